The number of nitrogens with zero attached hydrogens (tertiary/aromatic N) is 3. The van der Waals surface area contributed by atoms with Gasteiger partial charge in [-0.25, -0.2) is 4.79 Å². The summed E-state index contributed by atoms with van der Waals surface area (Å²) >= 11 is 1.07. The van der Waals surface area contributed by atoms with Crippen LogP contribution in [0.5, 0.6) is 0 Å². The van der Waals surface area contributed by atoms with E-state index in [1.807, 2.05) is 0 Å². The highest BCUT2D eigenvalue weighted by Crippen LogP contribution is 2.16. The first-order chi connectivity index (χ1) is 8.04. The van der Waals surface area contributed by atoms with E-state index in [9.17, 15) is 9.59 Å². The zero-order chi connectivity index (χ0) is 12.8. The first-order valence-electron chi connectivity index (χ1n) is 4.88. The van der Waals surface area contributed by atoms with Crippen LogP contribution < -0.4 is 0 Å². The number of carbonyl (C=O) groups excluding carboxylic acids is 2. The number of rotatable bonds is 5. The molecule has 1 aromatic heterocycles. The number of hydrogen-bond donors (Lipinski definition) is 0. The van der Waals surface area contributed by atoms with E-state index in [2.05, 4.69) is 14.9 Å². The fourth-order valence-electron chi connectivity index (χ4n) is 0.796. The summed E-state index contributed by atoms with van der Waals surface area (Å²) in [5.74, 6) is -0.763. The van der Waals surface area contributed by atoms with Crippen molar-refractivity contribution in [2.45, 2.75) is 12.1 Å². The van der Waals surface area contributed by atoms with E-state index in [0.29, 0.717) is 0 Å². The summed E-state index contributed by atoms with van der Waals surface area (Å²) in [4.78, 5) is 23.9. The van der Waals surface area contributed by atoms with Crippen LogP contribution >= 0.6 is 11.8 Å². The Morgan fingerprint density at radius 2 is 2.12 bits per heavy atom. The van der Waals surface area contributed by atoms with Gasteiger partial charge in [-0.05, 0) is 6.92 Å². The molecule has 1 heterocycles. The quantitative estimate of drug-likeness (QED) is 0.559. The molecule has 0 unspecified atom stereocenters. The van der Waals surface area contributed by atoms with Crippen LogP contribution in [0, 0.1) is 0 Å². The van der Waals surface area contributed by atoms with Gasteiger partial charge in [0.25, 0.3) is 5.22 Å². The Bertz CT molecular complexity index is 405. The first kappa shape index (κ1) is 13.5. The second-order valence-electron chi connectivity index (χ2n) is 3.17. The van der Waals surface area contributed by atoms with Gasteiger partial charge in [0, 0.05) is 14.1 Å². The van der Waals surface area contributed by atoms with Crippen molar-refractivity contribution in [2.75, 3.05) is 26.5 Å². The molecule has 0 aliphatic carbocycles. The molecular formula is C9H13N3O4S. The van der Waals surface area contributed by atoms with Crippen LogP contribution in [0.2, 0.25) is 0 Å². The lowest BCUT2D eigenvalue weighted by atomic mass is 10.6. The van der Waals surface area contributed by atoms with Crippen molar-refractivity contribution in [3.8, 4) is 0 Å². The molecule has 0 aliphatic heterocycles. The van der Waals surface area contributed by atoms with Crippen LogP contribution in [0.1, 0.15) is 17.6 Å². The predicted octanol–water partition coefficient (Wildman–Crippen LogP) is 0.427. The summed E-state index contributed by atoms with van der Waals surface area (Å²) in [6, 6.07) is 0. The molecule has 17 heavy (non-hydrogen) atoms. The van der Waals surface area contributed by atoms with E-state index in [1.165, 1.54) is 4.90 Å². The van der Waals surface area contributed by atoms with Crippen molar-refractivity contribution in [3.05, 3.63) is 5.89 Å². The van der Waals surface area contributed by atoms with Crippen LogP contribution in [0.4, 0.5) is 0 Å². The van der Waals surface area contributed by atoms with E-state index >= 15 is 0 Å². The summed E-state index contributed by atoms with van der Waals surface area (Å²) in [6.07, 6.45) is 0. The van der Waals surface area contributed by atoms with E-state index < -0.39 is 5.97 Å². The van der Waals surface area contributed by atoms with Crippen LogP contribution in [-0.2, 0) is 9.53 Å². The lowest BCUT2D eigenvalue weighted by molar-refractivity contribution is -0.125. The van der Waals surface area contributed by atoms with Crippen molar-refractivity contribution in [3.63, 3.8) is 0 Å². The van der Waals surface area contributed by atoms with E-state index in [0.717, 1.165) is 11.8 Å². The molecule has 0 N–H and O–H groups in total. The van der Waals surface area contributed by atoms with Gasteiger partial charge in [-0.2, -0.15) is 0 Å². The summed E-state index contributed by atoms with van der Waals surface area (Å²) in [5, 5.41) is 7.32. The lowest BCUT2D eigenvalue weighted by Crippen LogP contribution is -2.23. The smallest absolute Gasteiger partial charge is 0.396 e. The molecule has 0 bridgehead atoms. The first-order valence-corrected chi connectivity index (χ1v) is 5.86. The maximum absolute atomic E-state index is 11.3. The summed E-state index contributed by atoms with van der Waals surface area (Å²) < 4.78 is 9.71. The third kappa shape index (κ3) is 4.06. The highest BCUT2D eigenvalue weighted by atomic mass is 32.2. The maximum atomic E-state index is 11.3. The van der Waals surface area contributed by atoms with E-state index in [1.54, 1.807) is 21.0 Å². The molecule has 8 heteroatoms. The van der Waals surface area contributed by atoms with Crippen LogP contribution in [0.15, 0.2) is 9.64 Å². The average Bonchev–Trinajstić information content (AvgIpc) is 2.74. The molecule has 0 aliphatic rings. The molecule has 0 fully saturated rings. The zero-order valence-electron chi connectivity index (χ0n) is 9.80. The fourth-order valence-corrected chi connectivity index (χ4v) is 1.54. The van der Waals surface area contributed by atoms with Gasteiger partial charge in [0.15, 0.2) is 0 Å². The molecule has 0 saturated carbocycles. The molecule has 0 radical (unpaired) electrons. The van der Waals surface area contributed by atoms with Gasteiger partial charge in [-0.1, -0.05) is 16.9 Å². The number of amides is 1. The van der Waals surface area contributed by atoms with Gasteiger partial charge in [0.2, 0.25) is 5.91 Å². The van der Waals surface area contributed by atoms with Crippen LogP contribution in [0.25, 0.3) is 0 Å². The minimum absolute atomic E-state index is 0.0779. The van der Waals surface area contributed by atoms with Crippen molar-refractivity contribution in [2.24, 2.45) is 0 Å². The van der Waals surface area contributed by atoms with Crippen molar-refractivity contribution < 1.29 is 18.7 Å². The minimum Gasteiger partial charge on any atom is -0.459 e. The molecule has 0 aromatic carbocycles. The van der Waals surface area contributed by atoms with Gasteiger partial charge < -0.3 is 14.1 Å². The van der Waals surface area contributed by atoms with Crippen LogP contribution in [-0.4, -0.2) is 53.4 Å². The molecule has 0 atom stereocenters. The topological polar surface area (TPSA) is 85.5 Å². The molecule has 1 rings (SSSR count). The second kappa shape index (κ2) is 6.24. The fraction of sp³-hybridized carbons (Fsp3) is 0.556. The van der Waals surface area contributed by atoms with Gasteiger partial charge in [-0.3, -0.25) is 4.79 Å². The normalized spacial score (nSPS) is 10.1. The monoisotopic (exact) mass is 259 g/mol. The van der Waals surface area contributed by atoms with Gasteiger partial charge in [0.05, 0.1) is 12.4 Å². The summed E-state index contributed by atoms with van der Waals surface area (Å²) in [5.41, 5.74) is 0. The van der Waals surface area contributed by atoms with Crippen molar-refractivity contribution in [1.29, 1.82) is 0 Å². The summed E-state index contributed by atoms with van der Waals surface area (Å²) in [6.45, 7) is 1.92. The third-order valence-electron chi connectivity index (χ3n) is 1.67. The van der Waals surface area contributed by atoms with Crippen molar-refractivity contribution in [1.82, 2.24) is 15.1 Å². The highest BCUT2D eigenvalue weighted by molar-refractivity contribution is 7.99. The van der Waals surface area contributed by atoms with Crippen LogP contribution in [0.3, 0.4) is 0 Å². The number of ether oxygens (including phenoxy) is 1. The van der Waals surface area contributed by atoms with E-state index in [4.69, 9.17) is 4.42 Å². The number of thioether (sulfide) groups is 1. The van der Waals surface area contributed by atoms with Gasteiger partial charge in [0.1, 0.15) is 0 Å². The second-order valence-corrected chi connectivity index (χ2v) is 4.10. The Morgan fingerprint density at radius 1 is 1.41 bits per heavy atom. The number of aromatic nitrogens is 2. The zero-order valence-corrected chi connectivity index (χ0v) is 10.6. The minimum atomic E-state index is -0.661. The molecular weight excluding hydrogens is 246 g/mol. The molecule has 94 valence electrons. The Hall–Kier alpha value is -1.57. The van der Waals surface area contributed by atoms with Gasteiger partial charge >= 0.3 is 11.9 Å². The third-order valence-corrected chi connectivity index (χ3v) is 2.48. The standard InChI is InChI=1S/C9H13N3O4S/c1-4-15-8(14)7-10-11-9(16-7)17-5-6(13)12(2)3/h4-5H2,1-3H3. The largest absolute Gasteiger partial charge is 0.459 e. The molecule has 0 spiro atoms. The lowest BCUT2D eigenvalue weighted by Gasteiger charge is -2.07. The molecule has 7 nitrogen and oxygen atoms in total. The Labute approximate surface area is 103 Å². The van der Waals surface area contributed by atoms with E-state index in [-0.39, 0.29) is 29.4 Å². The van der Waals surface area contributed by atoms with Gasteiger partial charge in [-0.15, -0.1) is 5.10 Å². The highest BCUT2D eigenvalue weighted by Gasteiger charge is 2.17. The van der Waals surface area contributed by atoms with Crippen molar-refractivity contribution >= 4 is 23.6 Å². The number of carbonyl (C=O) groups is 2. The average molecular weight is 259 g/mol. The molecule has 0 saturated heterocycles. The Kier molecular flexibility index (Phi) is 4.95. The molecule has 1 aromatic rings. The maximum Gasteiger partial charge on any atom is 0.396 e. The SMILES string of the molecule is CCOC(=O)c1nnc(SCC(=O)N(C)C)o1. The Balaban J connectivity index is 2.51. The Morgan fingerprint density at radius 3 is 2.71 bits per heavy atom. The summed E-state index contributed by atoms with van der Waals surface area (Å²) in [7, 11) is 3.31. The number of hydrogen-bond acceptors (Lipinski definition) is 7. The molecule has 1 amide bonds. The predicted molar refractivity (Wildman–Crippen MR) is 59.7 cm³/mol. The number of esters is 1.